The van der Waals surface area contributed by atoms with Gasteiger partial charge in [-0.2, -0.15) is 5.10 Å². The summed E-state index contributed by atoms with van der Waals surface area (Å²) >= 11 is 0. The molecule has 0 amide bonds. The zero-order chi connectivity index (χ0) is 23.7. The van der Waals surface area contributed by atoms with Crippen molar-refractivity contribution in [2.75, 3.05) is 19.9 Å². The number of aliphatic imine (C=N–C) groups is 1. The van der Waals surface area contributed by atoms with E-state index in [2.05, 4.69) is 29.7 Å². The minimum absolute atomic E-state index is 0.149. The Balaban J connectivity index is 1.63. The van der Waals surface area contributed by atoms with Gasteiger partial charge in [0, 0.05) is 45.9 Å². The topological polar surface area (TPSA) is 92.7 Å². The molecule has 3 rings (SSSR count). The van der Waals surface area contributed by atoms with Crippen molar-refractivity contribution in [1.82, 2.24) is 9.78 Å². The number of hydrogen-bond acceptors (Lipinski definition) is 6. The molecule has 1 heterocycles. The molecule has 33 heavy (non-hydrogen) atoms. The second-order valence-corrected chi connectivity index (χ2v) is 14.8. The molecule has 1 aromatic heterocycles. The smallest absolute Gasteiger partial charge is 0.137 e. The SMILES string of the molecule is C[Si](C)(C)CCOCN=C(CC=N)c1ccc(Oc2ccc3c(cnn3CCCO)c2)cc1. The van der Waals surface area contributed by atoms with Crippen LogP contribution in [-0.2, 0) is 11.3 Å². The van der Waals surface area contributed by atoms with Gasteiger partial charge in [-0.05, 0) is 60.5 Å². The van der Waals surface area contributed by atoms with Gasteiger partial charge in [-0.3, -0.25) is 9.67 Å². The third-order valence-electron chi connectivity index (χ3n) is 5.20. The molecule has 0 radical (unpaired) electrons. The van der Waals surface area contributed by atoms with Crippen LogP contribution in [0.2, 0.25) is 25.7 Å². The van der Waals surface area contributed by atoms with Gasteiger partial charge in [0.05, 0.1) is 17.4 Å². The van der Waals surface area contributed by atoms with Crippen LogP contribution >= 0.6 is 0 Å². The van der Waals surface area contributed by atoms with Gasteiger partial charge in [0.25, 0.3) is 0 Å². The molecular weight excluding hydrogens is 432 g/mol. The van der Waals surface area contributed by atoms with Crippen LogP contribution in [0.4, 0.5) is 0 Å². The van der Waals surface area contributed by atoms with E-state index in [4.69, 9.17) is 20.0 Å². The molecule has 0 aliphatic heterocycles. The fourth-order valence-corrected chi connectivity index (χ4v) is 4.07. The highest BCUT2D eigenvalue weighted by molar-refractivity contribution is 6.76. The lowest BCUT2D eigenvalue weighted by Gasteiger charge is -2.14. The van der Waals surface area contributed by atoms with Gasteiger partial charge >= 0.3 is 0 Å². The van der Waals surface area contributed by atoms with E-state index in [9.17, 15) is 0 Å². The van der Waals surface area contributed by atoms with Gasteiger partial charge in [-0.15, -0.1) is 0 Å². The Bertz CT molecular complexity index is 1070. The fourth-order valence-electron chi connectivity index (χ4n) is 3.32. The van der Waals surface area contributed by atoms with Crippen molar-refractivity contribution in [2.24, 2.45) is 4.99 Å². The predicted octanol–water partition coefficient (Wildman–Crippen LogP) is 5.35. The van der Waals surface area contributed by atoms with E-state index < -0.39 is 8.07 Å². The number of benzene rings is 2. The molecule has 2 N–H and O–H groups in total. The van der Waals surface area contributed by atoms with Gasteiger partial charge in [0.1, 0.15) is 18.2 Å². The molecule has 7 nitrogen and oxygen atoms in total. The summed E-state index contributed by atoms with van der Waals surface area (Å²) in [6.45, 7) is 8.86. The monoisotopic (exact) mass is 466 g/mol. The Morgan fingerprint density at radius 3 is 2.61 bits per heavy atom. The summed E-state index contributed by atoms with van der Waals surface area (Å²) in [7, 11) is -1.11. The number of nitrogens with one attached hydrogen (secondary N) is 1. The summed E-state index contributed by atoms with van der Waals surface area (Å²) in [6, 6.07) is 14.7. The van der Waals surface area contributed by atoms with Crippen molar-refractivity contribution in [1.29, 1.82) is 5.41 Å². The van der Waals surface area contributed by atoms with Crippen LogP contribution < -0.4 is 4.74 Å². The summed E-state index contributed by atoms with van der Waals surface area (Å²) in [4.78, 5) is 4.57. The van der Waals surface area contributed by atoms with E-state index in [1.807, 2.05) is 53.3 Å². The molecule has 0 saturated carbocycles. The Hall–Kier alpha value is -2.81. The summed E-state index contributed by atoms with van der Waals surface area (Å²) in [5.41, 5.74) is 2.81. The van der Waals surface area contributed by atoms with Crippen molar-refractivity contribution >= 4 is 30.9 Å². The zero-order valence-corrected chi connectivity index (χ0v) is 20.8. The van der Waals surface area contributed by atoms with Crippen LogP contribution in [0.1, 0.15) is 18.4 Å². The maximum atomic E-state index is 9.04. The molecule has 0 aliphatic carbocycles. The second-order valence-electron chi connectivity index (χ2n) is 9.15. The molecule has 0 bridgehead atoms. The van der Waals surface area contributed by atoms with E-state index in [-0.39, 0.29) is 6.61 Å². The predicted molar refractivity (Wildman–Crippen MR) is 137 cm³/mol. The highest BCUT2D eigenvalue weighted by Gasteiger charge is 2.12. The van der Waals surface area contributed by atoms with Gasteiger partial charge in [0.2, 0.25) is 0 Å². The fraction of sp³-hybridized carbons (Fsp3) is 0.400. The number of rotatable bonds is 13. The van der Waals surface area contributed by atoms with Gasteiger partial charge in [-0.25, -0.2) is 0 Å². The summed E-state index contributed by atoms with van der Waals surface area (Å²) in [5, 5.41) is 21.9. The average molecular weight is 467 g/mol. The lowest BCUT2D eigenvalue weighted by atomic mass is 10.1. The number of aliphatic hydroxyl groups is 1. The van der Waals surface area contributed by atoms with Gasteiger partial charge < -0.3 is 20.0 Å². The molecule has 2 aromatic carbocycles. The molecule has 3 aromatic rings. The Morgan fingerprint density at radius 1 is 1.15 bits per heavy atom. The van der Waals surface area contributed by atoms with Crippen molar-refractivity contribution in [3.05, 3.63) is 54.2 Å². The Morgan fingerprint density at radius 2 is 1.91 bits per heavy atom. The summed E-state index contributed by atoms with van der Waals surface area (Å²) in [5.74, 6) is 1.47. The third-order valence-corrected chi connectivity index (χ3v) is 6.91. The third kappa shape index (κ3) is 7.63. The van der Waals surface area contributed by atoms with Crippen LogP contribution in [0.15, 0.2) is 53.7 Å². The molecule has 0 saturated heterocycles. The largest absolute Gasteiger partial charge is 0.457 e. The standard InChI is InChI=1S/C25H34N4O3Si/c1-33(2,3)16-15-31-19-27-24(11-12-26)20-5-7-22(8-6-20)32-23-9-10-25-21(17-23)18-28-29(25)13-4-14-30/h5-10,12,17-18,26,30H,4,11,13-16,19H2,1-3H3. The lowest BCUT2D eigenvalue weighted by Crippen LogP contribution is -2.21. The molecule has 176 valence electrons. The summed E-state index contributed by atoms with van der Waals surface area (Å²) in [6.07, 6.45) is 4.32. The average Bonchev–Trinajstić information content (AvgIpc) is 3.19. The van der Waals surface area contributed by atoms with E-state index in [0.29, 0.717) is 26.1 Å². The van der Waals surface area contributed by atoms with Gasteiger partial charge in [0.15, 0.2) is 0 Å². The first-order valence-corrected chi connectivity index (χ1v) is 15.0. The number of aromatic nitrogens is 2. The molecular formula is C25H34N4O3Si. The van der Waals surface area contributed by atoms with Crippen LogP contribution in [0, 0.1) is 5.41 Å². The maximum Gasteiger partial charge on any atom is 0.137 e. The van der Waals surface area contributed by atoms with E-state index in [0.717, 1.165) is 46.3 Å². The minimum atomic E-state index is -1.11. The Labute approximate surface area is 196 Å². The van der Waals surface area contributed by atoms with Crippen molar-refractivity contribution in [2.45, 2.75) is 45.1 Å². The quantitative estimate of drug-likeness (QED) is 0.202. The van der Waals surface area contributed by atoms with E-state index in [1.54, 1.807) is 0 Å². The number of fused-ring (bicyclic) bond motifs is 1. The van der Waals surface area contributed by atoms with Crippen LogP contribution in [0.25, 0.3) is 10.9 Å². The number of aryl methyl sites for hydroxylation is 1. The zero-order valence-electron chi connectivity index (χ0n) is 19.8. The Kier molecular flexibility index (Phi) is 8.93. The molecule has 0 atom stereocenters. The molecule has 8 heteroatoms. The summed E-state index contributed by atoms with van der Waals surface area (Å²) < 4.78 is 13.6. The second kappa shape index (κ2) is 11.9. The number of ether oxygens (including phenoxy) is 2. The van der Waals surface area contributed by atoms with E-state index >= 15 is 0 Å². The maximum absolute atomic E-state index is 9.04. The highest BCUT2D eigenvalue weighted by atomic mass is 28.3. The molecule has 0 unspecified atom stereocenters. The first-order valence-electron chi connectivity index (χ1n) is 11.3. The van der Waals surface area contributed by atoms with Crippen LogP contribution in [0.3, 0.4) is 0 Å². The molecule has 0 aliphatic rings. The van der Waals surface area contributed by atoms with Crippen molar-refractivity contribution < 1.29 is 14.6 Å². The first kappa shape index (κ1) is 24.8. The molecule has 0 fully saturated rings. The number of aliphatic hydroxyl groups excluding tert-OH is 1. The van der Waals surface area contributed by atoms with Crippen LogP contribution in [0.5, 0.6) is 11.5 Å². The van der Waals surface area contributed by atoms with Crippen molar-refractivity contribution in [3.8, 4) is 11.5 Å². The first-order chi connectivity index (χ1) is 15.9. The molecule has 0 spiro atoms. The lowest BCUT2D eigenvalue weighted by molar-refractivity contribution is 0.155. The van der Waals surface area contributed by atoms with Crippen molar-refractivity contribution in [3.63, 3.8) is 0 Å². The van der Waals surface area contributed by atoms with Crippen LogP contribution in [-0.4, -0.2) is 54.8 Å². The van der Waals surface area contributed by atoms with E-state index in [1.165, 1.54) is 6.21 Å². The normalized spacial score (nSPS) is 12.3. The number of nitrogens with zero attached hydrogens (tertiary/aromatic N) is 3. The van der Waals surface area contributed by atoms with Gasteiger partial charge in [-0.1, -0.05) is 19.6 Å². The highest BCUT2D eigenvalue weighted by Crippen LogP contribution is 2.26. The minimum Gasteiger partial charge on any atom is -0.457 e. The number of hydrogen-bond donors (Lipinski definition) is 2.